The van der Waals surface area contributed by atoms with Gasteiger partial charge < -0.3 is 4.90 Å². The van der Waals surface area contributed by atoms with E-state index in [9.17, 15) is 0 Å². The van der Waals surface area contributed by atoms with Crippen LogP contribution in [-0.4, -0.2) is 0 Å². The van der Waals surface area contributed by atoms with Crippen molar-refractivity contribution >= 4 is 17.1 Å². The zero-order valence-electron chi connectivity index (χ0n) is 38.0. The second-order valence-electron chi connectivity index (χ2n) is 18.8. The lowest BCUT2D eigenvalue weighted by Crippen LogP contribution is -2.28. The highest BCUT2D eigenvalue weighted by Gasteiger charge is 2.46. The molecule has 0 radical (unpaired) electrons. The third kappa shape index (κ3) is 6.68. The Labute approximate surface area is 395 Å². The van der Waals surface area contributed by atoms with E-state index in [2.05, 4.69) is 267 Å². The van der Waals surface area contributed by atoms with Crippen LogP contribution in [0.3, 0.4) is 0 Å². The average molecular weight is 858 g/mol. The van der Waals surface area contributed by atoms with Gasteiger partial charge in [0.25, 0.3) is 0 Å². The Hall–Kier alpha value is -8.00. The molecule has 0 unspecified atom stereocenters. The average Bonchev–Trinajstić information content (AvgIpc) is 3.81. The summed E-state index contributed by atoms with van der Waals surface area (Å²) in [4.78, 5) is 2.55. The van der Waals surface area contributed by atoms with Crippen LogP contribution in [0, 0.1) is 0 Å². The van der Waals surface area contributed by atoms with Crippen molar-refractivity contribution in [3.05, 3.63) is 304 Å². The van der Waals surface area contributed by atoms with Gasteiger partial charge >= 0.3 is 0 Å². The molecule has 0 aromatic heterocycles. The van der Waals surface area contributed by atoms with Crippen LogP contribution in [0.15, 0.2) is 249 Å². The van der Waals surface area contributed by atoms with Crippen LogP contribution in [0.25, 0.3) is 33.4 Å². The van der Waals surface area contributed by atoms with Crippen LogP contribution >= 0.6 is 0 Å². The van der Waals surface area contributed by atoms with Gasteiger partial charge in [-0.3, -0.25) is 0 Å². The van der Waals surface area contributed by atoms with E-state index in [-0.39, 0.29) is 5.41 Å². The van der Waals surface area contributed by atoms with Crippen molar-refractivity contribution < 1.29 is 0 Å². The lowest BCUT2D eigenvalue weighted by Gasteiger charge is -2.34. The van der Waals surface area contributed by atoms with E-state index in [4.69, 9.17) is 0 Å². The monoisotopic (exact) mass is 857 g/mol. The topological polar surface area (TPSA) is 3.24 Å². The smallest absolute Gasteiger partial charge is 0.0713 e. The summed E-state index contributed by atoms with van der Waals surface area (Å²) in [6.07, 6.45) is 1.67. The molecule has 10 aromatic carbocycles. The Morgan fingerprint density at radius 2 is 0.806 bits per heavy atom. The fourth-order valence-electron chi connectivity index (χ4n) is 11.6. The molecule has 0 aliphatic heterocycles. The normalized spacial score (nSPS) is 13.6. The van der Waals surface area contributed by atoms with E-state index in [1.807, 2.05) is 0 Å². The predicted molar refractivity (Wildman–Crippen MR) is 280 cm³/mol. The minimum absolute atomic E-state index is 0.153. The minimum Gasteiger partial charge on any atom is -0.310 e. The van der Waals surface area contributed by atoms with Crippen molar-refractivity contribution in [2.75, 3.05) is 4.90 Å². The van der Waals surface area contributed by atoms with E-state index in [1.165, 1.54) is 94.7 Å². The molecule has 2 aliphatic carbocycles. The van der Waals surface area contributed by atoms with Gasteiger partial charge in [0.1, 0.15) is 0 Å². The molecule has 1 heteroatoms. The lowest BCUT2D eigenvalue weighted by atomic mass is 9.68. The first-order valence-electron chi connectivity index (χ1n) is 23.7. The van der Waals surface area contributed by atoms with Crippen LogP contribution < -0.4 is 4.90 Å². The van der Waals surface area contributed by atoms with Gasteiger partial charge in [-0.2, -0.15) is 0 Å². The highest BCUT2D eigenvalue weighted by atomic mass is 15.1. The first-order valence-corrected chi connectivity index (χ1v) is 23.7. The molecule has 12 rings (SSSR count). The Morgan fingerprint density at radius 1 is 0.328 bits per heavy atom. The summed E-state index contributed by atoms with van der Waals surface area (Å²) in [6, 6.07) is 92.6. The van der Waals surface area contributed by atoms with Crippen LogP contribution in [0.1, 0.15) is 69.5 Å². The Morgan fingerprint density at radius 3 is 1.48 bits per heavy atom. The molecule has 0 amide bonds. The summed E-state index contributed by atoms with van der Waals surface area (Å²) in [5.41, 5.74) is 23.6. The van der Waals surface area contributed by atoms with Crippen molar-refractivity contribution in [3.63, 3.8) is 0 Å². The molecule has 0 bridgehead atoms. The summed E-state index contributed by atoms with van der Waals surface area (Å²) < 4.78 is 0. The third-order valence-corrected chi connectivity index (χ3v) is 14.7. The van der Waals surface area contributed by atoms with Crippen LogP contribution in [0.4, 0.5) is 17.1 Å². The highest BCUT2D eigenvalue weighted by Crippen LogP contribution is 2.59. The number of benzene rings is 10. The fourth-order valence-corrected chi connectivity index (χ4v) is 11.6. The maximum atomic E-state index is 2.55. The van der Waals surface area contributed by atoms with Gasteiger partial charge in [0.05, 0.1) is 11.1 Å². The van der Waals surface area contributed by atoms with Gasteiger partial charge in [-0.25, -0.2) is 0 Å². The van der Waals surface area contributed by atoms with Crippen molar-refractivity contribution in [1.29, 1.82) is 0 Å². The molecular weight excluding hydrogens is 807 g/mol. The fraction of sp³-hybridized carbons (Fsp3) is 0.0909. The molecule has 0 atom stereocenters. The molecule has 0 heterocycles. The molecule has 0 saturated carbocycles. The first-order chi connectivity index (χ1) is 33.0. The number of rotatable bonds is 10. The van der Waals surface area contributed by atoms with Crippen LogP contribution in [0.2, 0.25) is 0 Å². The van der Waals surface area contributed by atoms with Gasteiger partial charge in [-0.05, 0) is 127 Å². The highest BCUT2D eigenvalue weighted by molar-refractivity contribution is 5.97. The number of nitrogens with zero attached hydrogens (tertiary/aromatic N) is 1. The molecule has 0 N–H and O–H groups in total. The zero-order valence-corrected chi connectivity index (χ0v) is 38.0. The van der Waals surface area contributed by atoms with E-state index in [0.717, 1.165) is 24.2 Å². The van der Waals surface area contributed by atoms with Gasteiger partial charge in [0, 0.05) is 22.4 Å². The standard InChI is InChI=1S/C66H51N/c1-65(2)59-34-19-18-33-57(59)64-62(65)36-21-37-63(64)67(52-38-40-55(49(44-52)43-47-24-9-4-10-25-47)54-31-16-15-26-48(54)42-46-22-7-3-8-23-46)53-39-41-61-58(45-53)56-32-17-20-35-60(56)66(61,50-27-11-5-12-28-50)51-29-13-6-14-30-51/h3-41,44-45H,42-43H2,1-2H3. The second kappa shape index (κ2) is 16.5. The second-order valence-corrected chi connectivity index (χ2v) is 18.8. The Bertz CT molecular complexity index is 3380. The third-order valence-electron chi connectivity index (χ3n) is 14.7. The minimum atomic E-state index is -0.480. The number of fused-ring (bicyclic) bond motifs is 6. The van der Waals surface area contributed by atoms with E-state index < -0.39 is 5.41 Å². The molecule has 67 heavy (non-hydrogen) atoms. The molecule has 0 saturated heterocycles. The number of hydrogen-bond acceptors (Lipinski definition) is 1. The van der Waals surface area contributed by atoms with E-state index in [0.29, 0.717) is 0 Å². The van der Waals surface area contributed by atoms with Crippen LogP contribution in [0.5, 0.6) is 0 Å². The molecule has 10 aromatic rings. The Balaban J connectivity index is 1.11. The summed E-state index contributed by atoms with van der Waals surface area (Å²) in [5, 5.41) is 0. The molecule has 0 fully saturated rings. The van der Waals surface area contributed by atoms with Gasteiger partial charge in [-0.1, -0.05) is 232 Å². The Kier molecular flexibility index (Phi) is 9.95. The van der Waals surface area contributed by atoms with Gasteiger partial charge in [0.15, 0.2) is 0 Å². The SMILES string of the molecule is CC1(C)c2ccccc2-c2c(N(c3ccc(-c4ccccc4Cc4ccccc4)c(Cc4ccccc4)c3)c3ccc4c(c3)-c3ccccc3C4(c3ccccc3)c3ccccc3)cccc21. The van der Waals surface area contributed by atoms with Crippen molar-refractivity contribution in [1.82, 2.24) is 0 Å². The maximum Gasteiger partial charge on any atom is 0.0713 e. The van der Waals surface area contributed by atoms with Crippen molar-refractivity contribution in [2.24, 2.45) is 0 Å². The lowest BCUT2D eigenvalue weighted by molar-refractivity contribution is 0.660. The van der Waals surface area contributed by atoms with Gasteiger partial charge in [0.2, 0.25) is 0 Å². The van der Waals surface area contributed by atoms with Crippen molar-refractivity contribution in [3.8, 4) is 33.4 Å². The van der Waals surface area contributed by atoms with E-state index in [1.54, 1.807) is 0 Å². The number of anilines is 3. The number of hydrogen-bond donors (Lipinski definition) is 0. The predicted octanol–water partition coefficient (Wildman–Crippen LogP) is 16.7. The van der Waals surface area contributed by atoms with Crippen molar-refractivity contribution in [2.45, 2.75) is 37.5 Å². The molecule has 0 spiro atoms. The quantitative estimate of drug-likeness (QED) is 0.132. The molecule has 1 nitrogen and oxygen atoms in total. The largest absolute Gasteiger partial charge is 0.310 e. The van der Waals surface area contributed by atoms with E-state index >= 15 is 0 Å². The first kappa shape index (κ1) is 40.5. The molecular formula is C66H51N. The van der Waals surface area contributed by atoms with Gasteiger partial charge in [-0.15, -0.1) is 0 Å². The molecule has 320 valence electrons. The summed E-state index contributed by atoms with van der Waals surface area (Å²) in [7, 11) is 0. The maximum absolute atomic E-state index is 2.55. The zero-order chi connectivity index (χ0) is 45.0. The summed E-state index contributed by atoms with van der Waals surface area (Å²) >= 11 is 0. The van der Waals surface area contributed by atoms with Crippen LogP contribution in [-0.2, 0) is 23.7 Å². The molecule has 2 aliphatic rings. The summed E-state index contributed by atoms with van der Waals surface area (Å²) in [5.74, 6) is 0. The summed E-state index contributed by atoms with van der Waals surface area (Å²) in [6.45, 7) is 4.76.